The van der Waals surface area contributed by atoms with Crippen LogP contribution in [0.4, 0.5) is 10.9 Å². The van der Waals surface area contributed by atoms with E-state index in [-0.39, 0.29) is 0 Å². The molecule has 1 saturated heterocycles. The molecule has 3 rings (SSSR count). The Hall–Kier alpha value is -1.53. The van der Waals surface area contributed by atoms with E-state index in [2.05, 4.69) is 25.6 Å². The molecule has 0 aromatic carbocycles. The molecule has 3 heterocycles. The summed E-state index contributed by atoms with van der Waals surface area (Å²) in [6.45, 7) is 2.99. The van der Waals surface area contributed by atoms with Crippen LogP contribution >= 0.6 is 11.3 Å². The Morgan fingerprint density at radius 2 is 2.39 bits per heavy atom. The number of thiazole rings is 1. The zero-order chi connectivity index (χ0) is 12.4. The summed E-state index contributed by atoms with van der Waals surface area (Å²) < 4.78 is 0. The van der Waals surface area contributed by atoms with Gasteiger partial charge in [0.2, 0.25) is 0 Å². The highest BCUT2D eigenvalue weighted by Crippen LogP contribution is 2.24. The summed E-state index contributed by atoms with van der Waals surface area (Å²) in [5.41, 5.74) is 1.07. The summed E-state index contributed by atoms with van der Waals surface area (Å²) in [4.78, 5) is 13.1. The summed E-state index contributed by atoms with van der Waals surface area (Å²) in [5, 5.41) is 9.47. The summed E-state index contributed by atoms with van der Waals surface area (Å²) in [7, 11) is 0. The molecule has 1 atom stereocenters. The van der Waals surface area contributed by atoms with Crippen molar-refractivity contribution in [2.75, 3.05) is 11.9 Å². The number of nitrogens with zero attached hydrogens (tertiary/aromatic N) is 3. The topological polar surface area (TPSA) is 62.7 Å². The van der Waals surface area contributed by atoms with E-state index in [1.807, 2.05) is 18.4 Å². The molecule has 1 aliphatic heterocycles. The van der Waals surface area contributed by atoms with E-state index in [0.29, 0.717) is 6.04 Å². The van der Waals surface area contributed by atoms with Gasteiger partial charge in [-0.1, -0.05) is 0 Å². The van der Waals surface area contributed by atoms with Gasteiger partial charge in [0.05, 0.1) is 5.69 Å². The van der Waals surface area contributed by atoms with E-state index in [1.165, 1.54) is 6.42 Å². The smallest absolute Gasteiger partial charge is 0.188 e. The molecule has 5 nitrogen and oxygen atoms in total. The summed E-state index contributed by atoms with van der Waals surface area (Å²) >= 11 is 1.56. The van der Waals surface area contributed by atoms with Gasteiger partial charge < -0.3 is 10.6 Å². The van der Waals surface area contributed by atoms with Crippen LogP contribution in [0.3, 0.4) is 0 Å². The maximum Gasteiger partial charge on any atom is 0.188 e. The Bertz CT molecular complexity index is 519. The molecular formula is C12H15N5S. The molecule has 0 saturated carbocycles. The number of aromatic nitrogens is 3. The molecule has 6 heteroatoms. The number of aryl methyl sites for hydroxylation is 1. The van der Waals surface area contributed by atoms with Gasteiger partial charge in [-0.2, -0.15) is 0 Å². The summed E-state index contributed by atoms with van der Waals surface area (Å²) in [5.74, 6) is 1.61. The Kier molecular flexibility index (Phi) is 3.21. The normalized spacial score (nSPS) is 19.1. The Labute approximate surface area is 110 Å². The molecule has 2 aromatic heterocycles. The maximum atomic E-state index is 4.51. The van der Waals surface area contributed by atoms with Crippen molar-refractivity contribution in [1.29, 1.82) is 0 Å². The van der Waals surface area contributed by atoms with Crippen LogP contribution in [0, 0.1) is 6.92 Å². The SMILES string of the molecule is Cc1nc(Nc2nccs2)cc([C@@H]2CCCN2)n1. The lowest BCUT2D eigenvalue weighted by atomic mass is 10.1. The third-order valence-corrected chi connectivity index (χ3v) is 3.63. The fourth-order valence-corrected chi connectivity index (χ4v) is 2.70. The largest absolute Gasteiger partial charge is 0.316 e. The van der Waals surface area contributed by atoms with Gasteiger partial charge in [0, 0.05) is 23.7 Å². The Balaban J connectivity index is 1.85. The van der Waals surface area contributed by atoms with Crippen LogP contribution in [-0.2, 0) is 0 Å². The lowest BCUT2D eigenvalue weighted by Crippen LogP contribution is -2.15. The fraction of sp³-hybridized carbons (Fsp3) is 0.417. The highest BCUT2D eigenvalue weighted by molar-refractivity contribution is 7.13. The molecule has 0 radical (unpaired) electrons. The lowest BCUT2D eigenvalue weighted by molar-refractivity contribution is 0.623. The van der Waals surface area contributed by atoms with Crippen LogP contribution in [-0.4, -0.2) is 21.5 Å². The van der Waals surface area contributed by atoms with E-state index >= 15 is 0 Å². The molecule has 0 bridgehead atoms. The highest BCUT2D eigenvalue weighted by atomic mass is 32.1. The van der Waals surface area contributed by atoms with Crippen molar-refractivity contribution in [2.24, 2.45) is 0 Å². The predicted octanol–water partition coefficient (Wildman–Crippen LogP) is 2.41. The minimum atomic E-state index is 0.364. The third kappa shape index (κ3) is 2.49. The average molecular weight is 261 g/mol. The van der Waals surface area contributed by atoms with Crippen molar-refractivity contribution in [2.45, 2.75) is 25.8 Å². The van der Waals surface area contributed by atoms with Crippen molar-refractivity contribution in [3.63, 3.8) is 0 Å². The minimum absolute atomic E-state index is 0.364. The Morgan fingerprint density at radius 3 is 3.11 bits per heavy atom. The number of nitrogens with one attached hydrogen (secondary N) is 2. The molecule has 0 unspecified atom stereocenters. The van der Waals surface area contributed by atoms with Gasteiger partial charge in [-0.3, -0.25) is 0 Å². The van der Waals surface area contributed by atoms with Crippen molar-refractivity contribution >= 4 is 22.3 Å². The number of anilines is 2. The van der Waals surface area contributed by atoms with Gasteiger partial charge in [0.25, 0.3) is 0 Å². The molecule has 1 fully saturated rings. The van der Waals surface area contributed by atoms with E-state index in [1.54, 1.807) is 17.5 Å². The predicted molar refractivity (Wildman–Crippen MR) is 72.1 cm³/mol. The first-order valence-electron chi connectivity index (χ1n) is 6.07. The van der Waals surface area contributed by atoms with Gasteiger partial charge in [-0.15, -0.1) is 11.3 Å². The van der Waals surface area contributed by atoms with Crippen molar-refractivity contribution < 1.29 is 0 Å². The number of rotatable bonds is 3. The zero-order valence-electron chi connectivity index (χ0n) is 10.2. The molecule has 2 N–H and O–H groups in total. The number of hydrogen-bond donors (Lipinski definition) is 2. The van der Waals surface area contributed by atoms with Crippen LogP contribution in [0.25, 0.3) is 0 Å². The molecule has 94 valence electrons. The van der Waals surface area contributed by atoms with Crippen molar-refractivity contribution in [3.8, 4) is 0 Å². The molecule has 0 spiro atoms. The number of hydrogen-bond acceptors (Lipinski definition) is 6. The quantitative estimate of drug-likeness (QED) is 0.888. The molecule has 18 heavy (non-hydrogen) atoms. The minimum Gasteiger partial charge on any atom is -0.316 e. The van der Waals surface area contributed by atoms with E-state index in [0.717, 1.165) is 35.4 Å². The van der Waals surface area contributed by atoms with Crippen molar-refractivity contribution in [3.05, 3.63) is 29.2 Å². The average Bonchev–Trinajstić information content (AvgIpc) is 3.00. The first-order valence-corrected chi connectivity index (χ1v) is 6.95. The lowest BCUT2D eigenvalue weighted by Gasteiger charge is -2.12. The first-order chi connectivity index (χ1) is 8.81. The zero-order valence-corrected chi connectivity index (χ0v) is 11.0. The van der Waals surface area contributed by atoms with E-state index < -0.39 is 0 Å². The summed E-state index contributed by atoms with van der Waals surface area (Å²) in [6, 6.07) is 2.38. The van der Waals surface area contributed by atoms with Crippen LogP contribution in [0.2, 0.25) is 0 Å². The molecule has 0 aliphatic carbocycles. The molecule has 2 aromatic rings. The van der Waals surface area contributed by atoms with Crippen LogP contribution in [0.5, 0.6) is 0 Å². The van der Waals surface area contributed by atoms with Crippen molar-refractivity contribution in [1.82, 2.24) is 20.3 Å². The summed E-state index contributed by atoms with van der Waals surface area (Å²) in [6.07, 6.45) is 4.14. The molecule has 0 amide bonds. The van der Waals surface area contributed by atoms with Crippen LogP contribution in [0.1, 0.15) is 30.4 Å². The second kappa shape index (κ2) is 4.99. The van der Waals surface area contributed by atoms with Gasteiger partial charge in [-0.25, -0.2) is 15.0 Å². The Morgan fingerprint density at radius 1 is 1.44 bits per heavy atom. The third-order valence-electron chi connectivity index (χ3n) is 2.94. The highest BCUT2D eigenvalue weighted by Gasteiger charge is 2.18. The monoisotopic (exact) mass is 261 g/mol. The van der Waals surface area contributed by atoms with E-state index in [9.17, 15) is 0 Å². The van der Waals surface area contributed by atoms with Crippen LogP contribution < -0.4 is 10.6 Å². The van der Waals surface area contributed by atoms with Gasteiger partial charge in [-0.05, 0) is 26.3 Å². The van der Waals surface area contributed by atoms with Gasteiger partial charge in [0.15, 0.2) is 5.13 Å². The van der Waals surface area contributed by atoms with E-state index in [4.69, 9.17) is 0 Å². The molecular weight excluding hydrogens is 246 g/mol. The van der Waals surface area contributed by atoms with Gasteiger partial charge in [0.1, 0.15) is 11.6 Å². The second-order valence-electron chi connectivity index (χ2n) is 4.34. The second-order valence-corrected chi connectivity index (χ2v) is 5.23. The standard InChI is InChI=1S/C12H15N5S/c1-8-15-10(9-3-2-4-13-9)7-11(16-8)17-12-14-5-6-18-12/h5-7,9,13H,2-4H2,1H3,(H,14,15,16,17)/t9-/m0/s1. The van der Waals surface area contributed by atoms with Gasteiger partial charge >= 0.3 is 0 Å². The maximum absolute atomic E-state index is 4.51. The molecule has 1 aliphatic rings. The first kappa shape index (κ1) is 11.6. The van der Waals surface area contributed by atoms with Crippen LogP contribution in [0.15, 0.2) is 17.6 Å². The fourth-order valence-electron chi connectivity index (χ4n) is 2.17.